The zero-order chi connectivity index (χ0) is 20.3. The fraction of sp³-hybridized carbons (Fsp3) is 0.435. The topological polar surface area (TPSA) is 68.8 Å². The molecule has 0 saturated carbocycles. The van der Waals surface area contributed by atoms with Gasteiger partial charge >= 0.3 is 0 Å². The normalized spacial score (nSPS) is 15.7. The molecule has 2 aromatic rings. The number of benzene rings is 2. The second-order valence-corrected chi connectivity index (χ2v) is 7.10. The highest BCUT2D eigenvalue weighted by molar-refractivity contribution is 5.93. The minimum absolute atomic E-state index is 0.110. The highest BCUT2D eigenvalue weighted by atomic mass is 16.5. The smallest absolute Gasteiger partial charge is 0.243 e. The van der Waals surface area contributed by atoms with Gasteiger partial charge in [0.05, 0.1) is 19.3 Å². The molecule has 1 heterocycles. The van der Waals surface area contributed by atoms with Crippen LogP contribution < -0.4 is 20.1 Å². The van der Waals surface area contributed by atoms with Gasteiger partial charge in [-0.3, -0.25) is 4.79 Å². The number of hydrogen-bond donors (Lipinski definition) is 2. The Balaban J connectivity index is 1.37. The van der Waals surface area contributed by atoms with Crippen molar-refractivity contribution in [2.45, 2.75) is 38.7 Å². The minimum atomic E-state index is -0.110. The number of ether oxygens (including phenoxy) is 3. The van der Waals surface area contributed by atoms with E-state index < -0.39 is 0 Å². The molecule has 6 heteroatoms. The Labute approximate surface area is 172 Å². The van der Waals surface area contributed by atoms with Crippen molar-refractivity contribution in [3.05, 3.63) is 48.5 Å². The molecule has 0 spiro atoms. The zero-order valence-corrected chi connectivity index (χ0v) is 17.0. The number of anilines is 2. The van der Waals surface area contributed by atoms with E-state index in [4.69, 9.17) is 14.2 Å². The number of nitrogens with one attached hydrogen (secondary N) is 2. The Morgan fingerprint density at radius 3 is 2.38 bits per heavy atom. The van der Waals surface area contributed by atoms with Gasteiger partial charge in [0.1, 0.15) is 18.1 Å². The van der Waals surface area contributed by atoms with Gasteiger partial charge in [-0.05, 0) is 67.8 Å². The molecular formula is C23H30N2O4. The van der Waals surface area contributed by atoms with Crippen molar-refractivity contribution in [3.63, 3.8) is 0 Å². The molecule has 1 atom stereocenters. The summed E-state index contributed by atoms with van der Waals surface area (Å²) in [7, 11) is 0. The highest BCUT2D eigenvalue weighted by Crippen LogP contribution is 2.19. The Morgan fingerprint density at radius 1 is 1.03 bits per heavy atom. The molecule has 1 fully saturated rings. The molecule has 1 aliphatic rings. The summed E-state index contributed by atoms with van der Waals surface area (Å²) >= 11 is 0. The van der Waals surface area contributed by atoms with Gasteiger partial charge in [0.25, 0.3) is 0 Å². The van der Waals surface area contributed by atoms with Crippen molar-refractivity contribution in [1.82, 2.24) is 0 Å². The van der Waals surface area contributed by atoms with Gasteiger partial charge in [0.2, 0.25) is 5.91 Å². The molecule has 0 aliphatic carbocycles. The van der Waals surface area contributed by atoms with Crippen LogP contribution >= 0.6 is 0 Å². The first kappa shape index (κ1) is 21.0. The van der Waals surface area contributed by atoms with Crippen LogP contribution in [0.2, 0.25) is 0 Å². The van der Waals surface area contributed by atoms with Crippen molar-refractivity contribution in [2.75, 3.05) is 37.0 Å². The number of rotatable bonds is 11. The number of hydrogen-bond acceptors (Lipinski definition) is 5. The summed E-state index contributed by atoms with van der Waals surface area (Å²) in [5.41, 5.74) is 1.61. The van der Waals surface area contributed by atoms with Crippen LogP contribution in [-0.4, -0.2) is 38.4 Å². The van der Waals surface area contributed by atoms with Crippen molar-refractivity contribution in [2.24, 2.45) is 0 Å². The molecule has 0 radical (unpaired) electrons. The fourth-order valence-electron chi connectivity index (χ4n) is 2.99. The molecule has 1 aliphatic heterocycles. The number of carbonyl (C=O) groups excluding carboxylic acids is 1. The van der Waals surface area contributed by atoms with Crippen molar-refractivity contribution < 1.29 is 19.0 Å². The first-order chi connectivity index (χ1) is 14.2. The number of unbranched alkanes of at least 4 members (excludes halogenated alkanes) is 1. The van der Waals surface area contributed by atoms with Crippen molar-refractivity contribution in [3.8, 4) is 11.5 Å². The third-order valence-electron chi connectivity index (χ3n) is 4.67. The third-order valence-corrected chi connectivity index (χ3v) is 4.67. The van der Waals surface area contributed by atoms with Crippen molar-refractivity contribution in [1.29, 1.82) is 0 Å². The predicted molar refractivity (Wildman–Crippen MR) is 115 cm³/mol. The maximum absolute atomic E-state index is 12.2. The van der Waals surface area contributed by atoms with E-state index in [-0.39, 0.29) is 18.6 Å². The molecule has 3 rings (SSSR count). The lowest BCUT2D eigenvalue weighted by Crippen LogP contribution is -2.21. The van der Waals surface area contributed by atoms with Gasteiger partial charge in [-0.25, -0.2) is 0 Å². The van der Waals surface area contributed by atoms with Gasteiger partial charge in [0, 0.05) is 18.0 Å². The van der Waals surface area contributed by atoms with E-state index in [1.807, 2.05) is 48.5 Å². The predicted octanol–water partition coefficient (Wildman–Crippen LogP) is 4.47. The summed E-state index contributed by atoms with van der Waals surface area (Å²) in [6.45, 7) is 4.44. The van der Waals surface area contributed by atoms with Gasteiger partial charge in [0.15, 0.2) is 0 Å². The van der Waals surface area contributed by atoms with E-state index in [1.165, 1.54) is 0 Å². The van der Waals surface area contributed by atoms with Crippen LogP contribution in [0.25, 0.3) is 0 Å². The summed E-state index contributed by atoms with van der Waals surface area (Å²) in [5, 5.41) is 5.99. The maximum Gasteiger partial charge on any atom is 0.243 e. The number of amides is 1. The van der Waals surface area contributed by atoms with E-state index >= 15 is 0 Å². The first-order valence-electron chi connectivity index (χ1n) is 10.3. The average molecular weight is 399 g/mol. The summed E-state index contributed by atoms with van der Waals surface area (Å²) in [5.74, 6) is 1.51. The monoisotopic (exact) mass is 398 g/mol. The Hall–Kier alpha value is -2.73. The van der Waals surface area contributed by atoms with Gasteiger partial charge in [-0.15, -0.1) is 0 Å². The summed E-state index contributed by atoms with van der Waals surface area (Å²) in [6.07, 6.45) is 4.50. The van der Waals surface area contributed by atoms with E-state index in [0.717, 1.165) is 61.8 Å². The largest absolute Gasteiger partial charge is 0.494 e. The summed E-state index contributed by atoms with van der Waals surface area (Å²) in [4.78, 5) is 12.2. The maximum atomic E-state index is 12.2. The zero-order valence-electron chi connectivity index (χ0n) is 17.0. The van der Waals surface area contributed by atoms with E-state index in [0.29, 0.717) is 6.61 Å². The van der Waals surface area contributed by atoms with Crippen molar-refractivity contribution >= 4 is 17.3 Å². The summed E-state index contributed by atoms with van der Waals surface area (Å²) in [6, 6.07) is 15.0. The van der Waals surface area contributed by atoms with Crippen LogP contribution in [0.3, 0.4) is 0 Å². The Bertz CT molecular complexity index is 740. The van der Waals surface area contributed by atoms with E-state index in [1.54, 1.807) is 0 Å². The lowest BCUT2D eigenvalue weighted by Gasteiger charge is -2.12. The van der Waals surface area contributed by atoms with Crippen LogP contribution in [-0.2, 0) is 9.53 Å². The summed E-state index contributed by atoms with van der Waals surface area (Å²) < 4.78 is 16.9. The molecule has 1 saturated heterocycles. The van der Waals surface area contributed by atoms with Gasteiger partial charge in [-0.1, -0.05) is 13.3 Å². The standard InChI is InChI=1S/C23H30N2O4/c1-2-3-14-27-20-10-6-18(7-11-20)24-16-23(26)25-19-8-12-21(13-9-19)29-17-22-5-4-15-28-22/h6-13,22,24H,2-5,14-17H2,1H3,(H,25,26). The molecule has 0 bridgehead atoms. The van der Waals surface area contributed by atoms with Crippen LogP contribution in [0.5, 0.6) is 11.5 Å². The SMILES string of the molecule is CCCCOc1ccc(NCC(=O)Nc2ccc(OCC3CCCO3)cc2)cc1. The molecule has 1 unspecified atom stereocenters. The van der Waals surface area contributed by atoms with Crippen LogP contribution in [0.1, 0.15) is 32.6 Å². The quantitative estimate of drug-likeness (QED) is 0.547. The molecular weight excluding hydrogens is 368 g/mol. The lowest BCUT2D eigenvalue weighted by molar-refractivity contribution is -0.114. The molecule has 2 aromatic carbocycles. The number of carbonyl (C=O) groups is 1. The fourth-order valence-corrected chi connectivity index (χ4v) is 2.99. The van der Waals surface area contributed by atoms with E-state index in [9.17, 15) is 4.79 Å². The average Bonchev–Trinajstić information content (AvgIpc) is 3.27. The molecule has 0 aromatic heterocycles. The van der Waals surface area contributed by atoms with Crippen LogP contribution in [0.15, 0.2) is 48.5 Å². The third kappa shape index (κ3) is 7.31. The minimum Gasteiger partial charge on any atom is -0.494 e. The molecule has 29 heavy (non-hydrogen) atoms. The molecule has 1 amide bonds. The van der Waals surface area contributed by atoms with Gasteiger partial charge < -0.3 is 24.8 Å². The van der Waals surface area contributed by atoms with Gasteiger partial charge in [-0.2, -0.15) is 0 Å². The second-order valence-electron chi connectivity index (χ2n) is 7.10. The lowest BCUT2D eigenvalue weighted by atomic mass is 10.2. The second kappa shape index (κ2) is 11.3. The Morgan fingerprint density at radius 2 is 1.72 bits per heavy atom. The molecule has 156 valence electrons. The van der Waals surface area contributed by atoms with Crippen LogP contribution in [0.4, 0.5) is 11.4 Å². The highest BCUT2D eigenvalue weighted by Gasteiger charge is 2.15. The molecule has 2 N–H and O–H groups in total. The van der Waals surface area contributed by atoms with E-state index in [2.05, 4.69) is 17.6 Å². The van der Waals surface area contributed by atoms with Crippen LogP contribution in [0, 0.1) is 0 Å². The first-order valence-corrected chi connectivity index (χ1v) is 10.3. The molecule has 6 nitrogen and oxygen atoms in total. The Kier molecular flexibility index (Phi) is 8.19.